The van der Waals surface area contributed by atoms with Crippen LogP contribution >= 0.6 is 0 Å². The summed E-state index contributed by atoms with van der Waals surface area (Å²) in [5.41, 5.74) is 3.94. The van der Waals surface area contributed by atoms with Crippen molar-refractivity contribution in [2.45, 2.75) is 38.0 Å². The zero-order chi connectivity index (χ0) is 20.5. The van der Waals surface area contributed by atoms with Crippen LogP contribution < -0.4 is 0 Å². The number of aromatic nitrogens is 1. The molecule has 0 spiro atoms. The Morgan fingerprint density at radius 2 is 2.00 bits per heavy atom. The minimum atomic E-state index is -0.560. The Balaban J connectivity index is 1.15. The third kappa shape index (κ3) is 4.11. The van der Waals surface area contributed by atoms with Crippen molar-refractivity contribution in [3.8, 4) is 0 Å². The molecule has 0 bridgehead atoms. The van der Waals surface area contributed by atoms with E-state index < -0.39 is 6.10 Å². The summed E-state index contributed by atoms with van der Waals surface area (Å²) in [7, 11) is 0. The van der Waals surface area contributed by atoms with Gasteiger partial charge in [0.15, 0.2) is 5.58 Å². The van der Waals surface area contributed by atoms with E-state index in [-0.39, 0.29) is 18.3 Å². The molecule has 158 valence electrons. The predicted molar refractivity (Wildman–Crippen MR) is 110 cm³/mol. The van der Waals surface area contributed by atoms with Gasteiger partial charge in [0, 0.05) is 43.5 Å². The highest BCUT2D eigenvalue weighted by molar-refractivity contribution is 5.79. The molecule has 3 aromatic rings. The first kappa shape index (κ1) is 19.6. The SMILES string of the molecule is OC(CON1Cc2ccccc2C1)CN1CCCC(c2noc3cc(F)ccc23)C1. The minimum absolute atomic E-state index is 0.215. The summed E-state index contributed by atoms with van der Waals surface area (Å²) < 4.78 is 18.8. The third-order valence-electron chi connectivity index (χ3n) is 6.08. The number of aliphatic hydroxyl groups excluding tert-OH is 1. The molecule has 0 radical (unpaired) electrons. The van der Waals surface area contributed by atoms with Crippen LogP contribution in [-0.4, -0.2) is 52.6 Å². The van der Waals surface area contributed by atoms with Crippen LogP contribution in [0.1, 0.15) is 35.6 Å². The Bertz CT molecular complexity index is 999. The van der Waals surface area contributed by atoms with Crippen molar-refractivity contribution < 1.29 is 18.9 Å². The van der Waals surface area contributed by atoms with Crippen molar-refractivity contribution >= 4 is 11.0 Å². The molecule has 0 amide bonds. The summed E-state index contributed by atoms with van der Waals surface area (Å²) in [6, 6.07) is 12.9. The quantitative estimate of drug-likeness (QED) is 0.670. The molecule has 2 unspecified atom stereocenters. The van der Waals surface area contributed by atoms with Crippen LogP contribution in [0.25, 0.3) is 11.0 Å². The molecule has 2 aliphatic heterocycles. The maximum absolute atomic E-state index is 13.4. The molecule has 0 aliphatic carbocycles. The van der Waals surface area contributed by atoms with E-state index in [0.29, 0.717) is 12.1 Å². The van der Waals surface area contributed by atoms with E-state index in [4.69, 9.17) is 9.36 Å². The number of piperidine rings is 1. The van der Waals surface area contributed by atoms with E-state index in [9.17, 15) is 9.50 Å². The lowest BCUT2D eigenvalue weighted by Gasteiger charge is -2.33. The van der Waals surface area contributed by atoms with E-state index in [2.05, 4.69) is 22.2 Å². The molecular formula is C23H26FN3O3. The average Bonchev–Trinajstić information content (AvgIpc) is 3.35. The summed E-state index contributed by atoms with van der Waals surface area (Å²) in [6.45, 7) is 4.09. The topological polar surface area (TPSA) is 62.0 Å². The van der Waals surface area contributed by atoms with E-state index in [1.165, 1.54) is 23.3 Å². The number of hydroxylamine groups is 2. The molecule has 0 saturated carbocycles. The zero-order valence-electron chi connectivity index (χ0n) is 16.8. The molecule has 2 atom stereocenters. The van der Waals surface area contributed by atoms with Crippen molar-refractivity contribution in [2.75, 3.05) is 26.2 Å². The molecule has 1 saturated heterocycles. The Kier molecular flexibility index (Phi) is 5.52. The van der Waals surface area contributed by atoms with Gasteiger partial charge in [0.2, 0.25) is 0 Å². The van der Waals surface area contributed by atoms with Crippen LogP contribution in [0.15, 0.2) is 47.0 Å². The first-order valence-electron chi connectivity index (χ1n) is 10.6. The zero-order valence-corrected chi connectivity index (χ0v) is 16.8. The highest BCUT2D eigenvalue weighted by Gasteiger charge is 2.27. The number of likely N-dealkylation sites (tertiary alicyclic amines) is 1. The molecule has 6 nitrogen and oxygen atoms in total. The number of hydrogen-bond donors (Lipinski definition) is 1. The number of nitrogens with zero attached hydrogens (tertiary/aromatic N) is 3. The number of halogens is 1. The second-order valence-corrected chi connectivity index (χ2v) is 8.32. The number of benzene rings is 2. The van der Waals surface area contributed by atoms with Crippen molar-refractivity contribution in [3.63, 3.8) is 0 Å². The van der Waals surface area contributed by atoms with Gasteiger partial charge in [0.25, 0.3) is 0 Å². The van der Waals surface area contributed by atoms with Crippen molar-refractivity contribution in [3.05, 3.63) is 65.1 Å². The molecule has 2 aromatic carbocycles. The highest BCUT2D eigenvalue weighted by atomic mass is 19.1. The molecule has 1 N–H and O–H groups in total. The number of fused-ring (bicyclic) bond motifs is 2. The van der Waals surface area contributed by atoms with E-state index in [0.717, 1.165) is 50.1 Å². The van der Waals surface area contributed by atoms with Crippen LogP contribution in [0, 0.1) is 5.82 Å². The van der Waals surface area contributed by atoms with Crippen LogP contribution in [0.2, 0.25) is 0 Å². The molecule has 1 fully saturated rings. The normalized spacial score (nSPS) is 21.2. The van der Waals surface area contributed by atoms with Gasteiger partial charge in [-0.3, -0.25) is 4.84 Å². The average molecular weight is 411 g/mol. The number of rotatable bonds is 6. The molecule has 30 heavy (non-hydrogen) atoms. The van der Waals surface area contributed by atoms with Gasteiger partial charge in [-0.05, 0) is 42.6 Å². The lowest BCUT2D eigenvalue weighted by atomic mass is 9.92. The predicted octanol–water partition coefficient (Wildman–Crippen LogP) is 3.45. The van der Waals surface area contributed by atoms with Gasteiger partial charge < -0.3 is 14.5 Å². The molecule has 7 heteroatoms. The Morgan fingerprint density at radius 3 is 2.80 bits per heavy atom. The van der Waals surface area contributed by atoms with Crippen molar-refractivity contribution in [1.29, 1.82) is 0 Å². The van der Waals surface area contributed by atoms with Crippen LogP contribution in [0.3, 0.4) is 0 Å². The van der Waals surface area contributed by atoms with Crippen LogP contribution in [0.4, 0.5) is 4.39 Å². The van der Waals surface area contributed by atoms with Crippen LogP contribution in [0.5, 0.6) is 0 Å². The molecule has 2 aliphatic rings. The van der Waals surface area contributed by atoms with Gasteiger partial charge in [-0.25, -0.2) is 4.39 Å². The molecule has 5 rings (SSSR count). The van der Waals surface area contributed by atoms with Gasteiger partial charge >= 0.3 is 0 Å². The van der Waals surface area contributed by atoms with Crippen molar-refractivity contribution in [1.82, 2.24) is 15.1 Å². The van der Waals surface area contributed by atoms with Gasteiger partial charge in [-0.1, -0.05) is 29.4 Å². The van der Waals surface area contributed by atoms with Gasteiger partial charge in [-0.2, -0.15) is 5.06 Å². The van der Waals surface area contributed by atoms with E-state index in [1.807, 2.05) is 17.2 Å². The summed E-state index contributed by atoms with van der Waals surface area (Å²) in [6.07, 6.45) is 1.47. The fourth-order valence-electron chi connectivity index (χ4n) is 4.61. The number of β-amino-alcohol motifs (C(OH)–C–C–N with tert-alkyl or cyclic N) is 1. The van der Waals surface area contributed by atoms with Crippen LogP contribution in [-0.2, 0) is 17.9 Å². The number of hydrogen-bond acceptors (Lipinski definition) is 6. The van der Waals surface area contributed by atoms with Gasteiger partial charge in [0.05, 0.1) is 18.4 Å². The Hall–Kier alpha value is -2.32. The summed E-state index contributed by atoms with van der Waals surface area (Å²) in [5, 5.41) is 17.5. The first-order valence-corrected chi connectivity index (χ1v) is 10.6. The lowest BCUT2D eigenvalue weighted by Crippen LogP contribution is -2.41. The van der Waals surface area contributed by atoms with Gasteiger partial charge in [0.1, 0.15) is 5.82 Å². The highest BCUT2D eigenvalue weighted by Crippen LogP contribution is 2.32. The fraction of sp³-hybridized carbons (Fsp3) is 0.435. The lowest BCUT2D eigenvalue weighted by molar-refractivity contribution is -0.186. The maximum Gasteiger partial charge on any atom is 0.170 e. The summed E-state index contributed by atoms with van der Waals surface area (Å²) >= 11 is 0. The first-order chi connectivity index (χ1) is 14.7. The smallest absolute Gasteiger partial charge is 0.170 e. The molecule has 1 aromatic heterocycles. The van der Waals surface area contributed by atoms with E-state index in [1.54, 1.807) is 6.07 Å². The minimum Gasteiger partial charge on any atom is -0.389 e. The fourth-order valence-corrected chi connectivity index (χ4v) is 4.61. The van der Waals surface area contributed by atoms with E-state index >= 15 is 0 Å². The number of aliphatic hydroxyl groups is 1. The second kappa shape index (κ2) is 8.43. The molecule has 3 heterocycles. The second-order valence-electron chi connectivity index (χ2n) is 8.32. The Morgan fingerprint density at radius 1 is 1.20 bits per heavy atom. The Labute approximate surface area is 174 Å². The summed E-state index contributed by atoms with van der Waals surface area (Å²) in [4.78, 5) is 8.11. The molecular weight excluding hydrogens is 385 g/mol. The monoisotopic (exact) mass is 411 g/mol. The standard InChI is InChI=1S/C23H26FN3O3/c24-19-7-8-21-22(10-19)30-25-23(21)18-6-3-9-26(11-18)14-20(28)15-29-27-12-16-4-1-2-5-17(16)13-27/h1-2,4-5,7-8,10,18,20,28H,3,6,9,11-15H2. The largest absolute Gasteiger partial charge is 0.389 e. The van der Waals surface area contributed by atoms with Crippen molar-refractivity contribution in [2.24, 2.45) is 0 Å². The van der Waals surface area contributed by atoms with Gasteiger partial charge in [-0.15, -0.1) is 0 Å². The maximum atomic E-state index is 13.4. The summed E-state index contributed by atoms with van der Waals surface area (Å²) in [5.74, 6) is -0.105. The third-order valence-corrected chi connectivity index (χ3v) is 6.08.